The molecule has 1 amide bonds. The van der Waals surface area contributed by atoms with Crippen molar-refractivity contribution in [2.45, 2.75) is 84.3 Å². The molecule has 5 heteroatoms. The maximum Gasteiger partial charge on any atom is 0.240 e. The van der Waals surface area contributed by atoms with Crippen LogP contribution in [0.3, 0.4) is 0 Å². The predicted octanol–water partition coefficient (Wildman–Crippen LogP) is 4.34. The van der Waals surface area contributed by atoms with E-state index in [4.69, 9.17) is 4.74 Å². The van der Waals surface area contributed by atoms with Crippen molar-refractivity contribution < 1.29 is 9.53 Å². The number of aryl methyl sites for hydroxylation is 1. The number of aromatic nitrogens is 1. The van der Waals surface area contributed by atoms with E-state index in [1.807, 2.05) is 6.21 Å². The number of amides is 1. The van der Waals surface area contributed by atoms with Gasteiger partial charge in [-0.05, 0) is 94.4 Å². The summed E-state index contributed by atoms with van der Waals surface area (Å²) < 4.78 is 8.11. The van der Waals surface area contributed by atoms with Crippen LogP contribution in [0.1, 0.15) is 74.7 Å². The molecular weight excluding hydrogens is 362 g/mol. The first kappa shape index (κ1) is 19.3. The van der Waals surface area contributed by atoms with Gasteiger partial charge in [-0.3, -0.25) is 4.79 Å². The van der Waals surface area contributed by atoms with Crippen LogP contribution in [0.4, 0.5) is 0 Å². The molecule has 0 unspecified atom stereocenters. The third-order valence-corrected chi connectivity index (χ3v) is 8.12. The van der Waals surface area contributed by atoms with E-state index in [9.17, 15) is 4.79 Å². The number of rotatable bonds is 6. The second kappa shape index (κ2) is 7.57. The van der Waals surface area contributed by atoms with Gasteiger partial charge in [0.15, 0.2) is 0 Å². The van der Waals surface area contributed by atoms with Crippen molar-refractivity contribution >= 4 is 12.1 Å². The Hall–Kier alpha value is -1.62. The summed E-state index contributed by atoms with van der Waals surface area (Å²) in [6.07, 6.45) is 13.1. The highest BCUT2D eigenvalue weighted by molar-refractivity contribution is 5.84. The van der Waals surface area contributed by atoms with Crippen molar-refractivity contribution in [2.24, 2.45) is 28.3 Å². The Kier molecular flexibility index (Phi) is 5.05. The van der Waals surface area contributed by atoms with Gasteiger partial charge in [0, 0.05) is 36.5 Å². The molecule has 1 N–H and O–H groups in total. The van der Waals surface area contributed by atoms with Gasteiger partial charge >= 0.3 is 0 Å². The molecule has 1 saturated heterocycles. The summed E-state index contributed by atoms with van der Waals surface area (Å²) in [5.74, 6) is 2.74. The molecule has 1 aliphatic heterocycles. The molecule has 5 fully saturated rings. The van der Waals surface area contributed by atoms with Crippen LogP contribution in [0.2, 0.25) is 0 Å². The number of nitrogens with zero attached hydrogens (tertiary/aromatic N) is 2. The largest absolute Gasteiger partial charge is 0.376 e. The molecule has 4 bridgehead atoms. The summed E-state index contributed by atoms with van der Waals surface area (Å²) in [7, 11) is 0. The average molecular weight is 398 g/mol. The lowest BCUT2D eigenvalue weighted by Gasteiger charge is -2.56. The number of hydrogen-bond donors (Lipinski definition) is 1. The number of nitrogens with one attached hydrogen (secondary N) is 1. The molecule has 29 heavy (non-hydrogen) atoms. The number of carbonyl (C=O) groups excluding carboxylic acids is 1. The lowest BCUT2D eigenvalue weighted by Crippen LogP contribution is -2.47. The van der Waals surface area contributed by atoms with E-state index in [0.717, 1.165) is 49.3 Å². The smallest absolute Gasteiger partial charge is 0.240 e. The third kappa shape index (κ3) is 3.90. The monoisotopic (exact) mass is 397 g/mol. The second-order valence-electron chi connectivity index (χ2n) is 10.5. The Morgan fingerprint density at radius 2 is 1.93 bits per heavy atom. The molecule has 158 valence electrons. The van der Waals surface area contributed by atoms with Crippen molar-refractivity contribution in [3.05, 3.63) is 23.0 Å². The molecule has 4 saturated carbocycles. The quantitative estimate of drug-likeness (QED) is 0.573. The molecular formula is C24H35N3O2. The molecule has 4 aliphatic carbocycles. The van der Waals surface area contributed by atoms with Crippen LogP contribution in [0.15, 0.2) is 11.2 Å². The fourth-order valence-electron chi connectivity index (χ4n) is 7.29. The first-order valence-corrected chi connectivity index (χ1v) is 11.6. The number of carbonyl (C=O) groups is 1. The summed E-state index contributed by atoms with van der Waals surface area (Å²) in [6, 6.07) is 2.15. The summed E-state index contributed by atoms with van der Waals surface area (Å²) in [6.45, 7) is 6.05. The van der Waals surface area contributed by atoms with Gasteiger partial charge in [0.25, 0.3) is 0 Å². The van der Waals surface area contributed by atoms with Crippen LogP contribution >= 0.6 is 0 Å². The minimum absolute atomic E-state index is 0.0939. The average Bonchev–Trinajstić information content (AvgIpc) is 3.24. The Bertz CT molecular complexity index is 768. The molecule has 1 aromatic rings. The van der Waals surface area contributed by atoms with E-state index >= 15 is 0 Å². The summed E-state index contributed by atoms with van der Waals surface area (Å²) >= 11 is 0. The minimum Gasteiger partial charge on any atom is -0.376 e. The Balaban J connectivity index is 1.19. The van der Waals surface area contributed by atoms with Gasteiger partial charge in [-0.25, -0.2) is 5.43 Å². The van der Waals surface area contributed by atoms with E-state index in [2.05, 4.69) is 35.0 Å². The van der Waals surface area contributed by atoms with E-state index in [0.29, 0.717) is 12.5 Å². The Morgan fingerprint density at radius 1 is 1.24 bits per heavy atom. The normalized spacial score (nSPS) is 35.7. The number of hydrazone groups is 1. The molecule has 5 aliphatic rings. The molecule has 0 spiro atoms. The van der Waals surface area contributed by atoms with E-state index in [-0.39, 0.29) is 11.3 Å². The van der Waals surface area contributed by atoms with Crippen LogP contribution in [0.5, 0.6) is 0 Å². The van der Waals surface area contributed by atoms with Crippen molar-refractivity contribution in [1.29, 1.82) is 0 Å². The van der Waals surface area contributed by atoms with Gasteiger partial charge in [-0.2, -0.15) is 5.10 Å². The van der Waals surface area contributed by atoms with Gasteiger partial charge in [0.1, 0.15) is 0 Å². The third-order valence-electron chi connectivity index (χ3n) is 8.12. The topological polar surface area (TPSA) is 55.6 Å². The zero-order valence-electron chi connectivity index (χ0n) is 18.0. The van der Waals surface area contributed by atoms with Gasteiger partial charge in [-0.15, -0.1) is 0 Å². The molecule has 5 nitrogen and oxygen atoms in total. The van der Waals surface area contributed by atoms with Crippen LogP contribution in [0, 0.1) is 37.0 Å². The van der Waals surface area contributed by atoms with Crippen LogP contribution < -0.4 is 5.43 Å². The lowest BCUT2D eigenvalue weighted by atomic mass is 9.49. The van der Waals surface area contributed by atoms with E-state index in [1.54, 1.807) is 0 Å². The molecule has 1 atom stereocenters. The molecule has 0 aromatic carbocycles. The lowest BCUT2D eigenvalue weighted by molar-refractivity contribution is -0.129. The van der Waals surface area contributed by atoms with Gasteiger partial charge < -0.3 is 9.30 Å². The van der Waals surface area contributed by atoms with Crippen molar-refractivity contribution in [3.8, 4) is 0 Å². The highest BCUT2D eigenvalue weighted by Crippen LogP contribution is 2.61. The number of hydrogen-bond acceptors (Lipinski definition) is 3. The molecule has 2 heterocycles. The molecule has 6 rings (SSSR count). The van der Waals surface area contributed by atoms with Crippen LogP contribution in [0.25, 0.3) is 0 Å². The van der Waals surface area contributed by atoms with Crippen molar-refractivity contribution in [1.82, 2.24) is 9.99 Å². The van der Waals surface area contributed by atoms with Crippen LogP contribution in [-0.2, 0) is 16.1 Å². The zero-order chi connectivity index (χ0) is 20.0. The standard InChI is InChI=1S/C24H35N3O2/c1-16-6-21(17(2)27(16)15-22-4-3-5-29-22)14-25-26-23(28)13-24-10-18-7-19(11-24)9-20(8-18)12-24/h6,14,18-20,22H,3-5,7-13,15H2,1-2H3,(H,26,28)/b25-14-/t18?,19?,20?,22-,24?/m1/s1. The highest BCUT2D eigenvalue weighted by atomic mass is 16.5. The first-order chi connectivity index (χ1) is 14.0. The molecule has 0 radical (unpaired) electrons. The first-order valence-electron chi connectivity index (χ1n) is 11.6. The SMILES string of the molecule is Cc1cc(/C=N\NC(=O)CC23CC4CC(CC(C4)C2)C3)c(C)n1C[C@H]1CCCO1. The molecule has 1 aromatic heterocycles. The fraction of sp³-hybridized carbons (Fsp3) is 0.750. The van der Waals surface area contributed by atoms with E-state index < -0.39 is 0 Å². The summed E-state index contributed by atoms with van der Waals surface area (Å²) in [5.41, 5.74) is 6.59. The van der Waals surface area contributed by atoms with Crippen LogP contribution in [-0.4, -0.2) is 29.4 Å². The maximum absolute atomic E-state index is 12.7. The van der Waals surface area contributed by atoms with Gasteiger partial charge in [0.2, 0.25) is 5.91 Å². The maximum atomic E-state index is 12.7. The fourth-order valence-corrected chi connectivity index (χ4v) is 7.29. The van der Waals surface area contributed by atoms with Crippen molar-refractivity contribution in [3.63, 3.8) is 0 Å². The minimum atomic E-state index is 0.0939. The van der Waals surface area contributed by atoms with Gasteiger partial charge in [-0.1, -0.05) is 0 Å². The highest BCUT2D eigenvalue weighted by Gasteiger charge is 2.51. The predicted molar refractivity (Wildman–Crippen MR) is 114 cm³/mol. The Morgan fingerprint density at radius 3 is 2.55 bits per heavy atom. The van der Waals surface area contributed by atoms with Gasteiger partial charge in [0.05, 0.1) is 12.3 Å². The summed E-state index contributed by atoms with van der Waals surface area (Å²) in [4.78, 5) is 12.7. The second-order valence-corrected chi connectivity index (χ2v) is 10.5. The number of ether oxygens (including phenoxy) is 1. The Labute approximate surface area is 174 Å². The van der Waals surface area contributed by atoms with Crippen molar-refractivity contribution in [2.75, 3.05) is 6.61 Å². The summed E-state index contributed by atoms with van der Waals surface area (Å²) in [5, 5.41) is 4.32. The zero-order valence-corrected chi connectivity index (χ0v) is 18.0. The van der Waals surface area contributed by atoms with E-state index in [1.165, 1.54) is 49.9 Å².